The molecule has 1 aromatic carbocycles. The molecule has 4 nitrogen and oxygen atoms in total. The van der Waals surface area contributed by atoms with Gasteiger partial charge < -0.3 is 5.11 Å². The van der Waals surface area contributed by atoms with Gasteiger partial charge in [0, 0.05) is 44.5 Å². The van der Waals surface area contributed by atoms with E-state index < -0.39 is 23.9 Å². The van der Waals surface area contributed by atoms with Gasteiger partial charge in [0.15, 0.2) is 0 Å². The van der Waals surface area contributed by atoms with E-state index in [0.717, 1.165) is 11.8 Å². The summed E-state index contributed by atoms with van der Waals surface area (Å²) in [6, 6.07) is 7.12. The molecule has 0 unspecified atom stereocenters. The Morgan fingerprint density at radius 1 is 1.25 bits per heavy atom. The number of β-amino-alcohol motifs (C(OH)–C–C–N with tert-alkyl or cyclic N) is 1. The summed E-state index contributed by atoms with van der Waals surface area (Å²) in [5.74, 6) is 0. The summed E-state index contributed by atoms with van der Waals surface area (Å²) in [5.41, 5.74) is 0.639. The molecular formula is C17H20F3N3O. The van der Waals surface area contributed by atoms with Gasteiger partial charge in [-0.3, -0.25) is 9.58 Å². The van der Waals surface area contributed by atoms with E-state index >= 15 is 0 Å². The molecule has 2 atom stereocenters. The van der Waals surface area contributed by atoms with Crippen LogP contribution in [0, 0.1) is 0 Å². The lowest BCUT2D eigenvalue weighted by atomic mass is 9.97. The molecule has 130 valence electrons. The quantitative estimate of drug-likeness (QED) is 0.931. The minimum absolute atomic E-state index is 0.242. The molecule has 1 aliphatic heterocycles. The predicted molar refractivity (Wildman–Crippen MR) is 83.3 cm³/mol. The van der Waals surface area contributed by atoms with E-state index in [-0.39, 0.29) is 5.56 Å². The first-order valence-corrected chi connectivity index (χ1v) is 7.91. The molecule has 1 saturated heterocycles. The van der Waals surface area contributed by atoms with Crippen molar-refractivity contribution in [3.63, 3.8) is 0 Å². The van der Waals surface area contributed by atoms with Gasteiger partial charge in [-0.2, -0.15) is 18.3 Å². The second-order valence-electron chi connectivity index (χ2n) is 6.18. The Bertz CT molecular complexity index is 698. The van der Waals surface area contributed by atoms with Crippen LogP contribution in [0.15, 0.2) is 36.5 Å². The van der Waals surface area contributed by atoms with Gasteiger partial charge in [-0.15, -0.1) is 0 Å². The number of benzene rings is 1. The highest BCUT2D eigenvalue weighted by atomic mass is 19.4. The summed E-state index contributed by atoms with van der Waals surface area (Å²) in [6.07, 6.45) is -2.31. The van der Waals surface area contributed by atoms with Crippen LogP contribution >= 0.6 is 0 Å². The third-order valence-corrected chi connectivity index (χ3v) is 4.58. The maximum atomic E-state index is 13.3. The Morgan fingerprint density at radius 2 is 2.00 bits per heavy atom. The highest BCUT2D eigenvalue weighted by Crippen LogP contribution is 2.40. The maximum absolute atomic E-state index is 13.3. The van der Waals surface area contributed by atoms with Crippen LogP contribution in [0.2, 0.25) is 0 Å². The normalized spacial score (nSPS) is 22.2. The van der Waals surface area contributed by atoms with Gasteiger partial charge in [-0.25, -0.2) is 0 Å². The average Bonchev–Trinajstić information content (AvgIpc) is 3.10. The number of aryl methyl sites for hydroxylation is 1. The molecule has 0 spiro atoms. The Morgan fingerprint density at radius 3 is 2.67 bits per heavy atom. The van der Waals surface area contributed by atoms with E-state index in [1.54, 1.807) is 16.9 Å². The first-order chi connectivity index (χ1) is 11.4. The number of hydrogen-bond donors (Lipinski definition) is 1. The lowest BCUT2D eigenvalue weighted by Gasteiger charge is -2.26. The fourth-order valence-corrected chi connectivity index (χ4v) is 3.40. The highest BCUT2D eigenvalue weighted by molar-refractivity contribution is 5.33. The molecule has 2 heterocycles. The zero-order valence-electron chi connectivity index (χ0n) is 13.4. The van der Waals surface area contributed by atoms with Crippen LogP contribution in [-0.4, -0.2) is 39.0 Å². The van der Waals surface area contributed by atoms with E-state index in [2.05, 4.69) is 5.10 Å². The molecular weight excluding hydrogens is 319 g/mol. The molecule has 24 heavy (non-hydrogen) atoms. The third-order valence-electron chi connectivity index (χ3n) is 4.58. The zero-order chi connectivity index (χ0) is 17.3. The fraction of sp³-hybridized carbons (Fsp3) is 0.471. The summed E-state index contributed by atoms with van der Waals surface area (Å²) in [4.78, 5) is 1.93. The topological polar surface area (TPSA) is 41.3 Å². The minimum atomic E-state index is -4.39. The zero-order valence-corrected chi connectivity index (χ0v) is 13.4. The molecule has 1 aromatic heterocycles. The molecule has 3 rings (SSSR count). The van der Waals surface area contributed by atoms with Crippen molar-refractivity contribution in [3.05, 3.63) is 53.3 Å². The first-order valence-electron chi connectivity index (χ1n) is 7.91. The summed E-state index contributed by atoms with van der Waals surface area (Å²) in [5, 5.41) is 14.1. The molecule has 1 aliphatic rings. The second kappa shape index (κ2) is 6.57. The van der Waals surface area contributed by atoms with E-state index in [1.165, 1.54) is 12.1 Å². The summed E-state index contributed by atoms with van der Waals surface area (Å²) >= 11 is 0. The van der Waals surface area contributed by atoms with Gasteiger partial charge in [-0.05, 0) is 24.1 Å². The Labute approximate surface area is 138 Å². The first kappa shape index (κ1) is 17.0. The van der Waals surface area contributed by atoms with Crippen LogP contribution in [0.25, 0.3) is 0 Å². The SMILES string of the molecule is Cn1nccc1CCN1C[C@@H](O)C[C@@H]1c1ccccc1C(F)(F)F. The molecule has 0 amide bonds. The molecule has 1 fully saturated rings. The number of halogens is 3. The predicted octanol–water partition coefficient (Wildman–Crippen LogP) is 2.79. The van der Waals surface area contributed by atoms with Crippen LogP contribution < -0.4 is 0 Å². The molecule has 0 bridgehead atoms. The van der Waals surface area contributed by atoms with Crippen molar-refractivity contribution in [1.29, 1.82) is 0 Å². The van der Waals surface area contributed by atoms with Crippen LogP contribution in [-0.2, 0) is 19.6 Å². The molecule has 1 N–H and O–H groups in total. The number of nitrogens with zero attached hydrogens (tertiary/aromatic N) is 3. The minimum Gasteiger partial charge on any atom is -0.392 e. The Kier molecular flexibility index (Phi) is 4.64. The van der Waals surface area contributed by atoms with Crippen LogP contribution in [0.3, 0.4) is 0 Å². The van der Waals surface area contributed by atoms with E-state index in [9.17, 15) is 18.3 Å². The Balaban J connectivity index is 1.82. The molecule has 2 aromatic rings. The van der Waals surface area contributed by atoms with Crippen LogP contribution in [0.4, 0.5) is 13.2 Å². The van der Waals surface area contributed by atoms with Gasteiger partial charge in [0.1, 0.15) is 0 Å². The monoisotopic (exact) mass is 339 g/mol. The van der Waals surface area contributed by atoms with Gasteiger partial charge in [-0.1, -0.05) is 18.2 Å². The van der Waals surface area contributed by atoms with Gasteiger partial charge in [0.05, 0.1) is 11.7 Å². The number of aliphatic hydroxyl groups excluding tert-OH is 1. The average molecular weight is 339 g/mol. The number of hydrogen-bond acceptors (Lipinski definition) is 3. The molecule has 7 heteroatoms. The lowest BCUT2D eigenvalue weighted by molar-refractivity contribution is -0.138. The summed E-state index contributed by atoms with van der Waals surface area (Å²) in [6.45, 7) is 0.960. The molecule has 0 aliphatic carbocycles. The van der Waals surface area contributed by atoms with Crippen molar-refractivity contribution in [2.75, 3.05) is 13.1 Å². The van der Waals surface area contributed by atoms with Gasteiger partial charge >= 0.3 is 6.18 Å². The second-order valence-corrected chi connectivity index (χ2v) is 6.18. The number of rotatable bonds is 4. The third kappa shape index (κ3) is 3.47. The van der Waals surface area contributed by atoms with Crippen LogP contribution in [0.1, 0.15) is 29.3 Å². The smallest absolute Gasteiger partial charge is 0.392 e. The summed E-state index contributed by atoms with van der Waals surface area (Å²) in [7, 11) is 1.84. The van der Waals surface area contributed by atoms with E-state index in [0.29, 0.717) is 25.9 Å². The Hall–Kier alpha value is -1.86. The van der Waals surface area contributed by atoms with E-state index in [1.807, 2.05) is 18.0 Å². The number of alkyl halides is 3. The van der Waals surface area contributed by atoms with Gasteiger partial charge in [0.2, 0.25) is 0 Å². The van der Waals surface area contributed by atoms with Crippen molar-refractivity contribution in [3.8, 4) is 0 Å². The standard InChI is InChI=1S/C17H20F3N3O/c1-22-12(6-8-21-22)7-9-23-11-13(24)10-16(23)14-4-2-3-5-15(14)17(18,19)20/h2-6,8,13,16,24H,7,9-11H2,1H3/t13-,16+/m0/s1. The number of likely N-dealkylation sites (tertiary alicyclic amines) is 1. The van der Waals surface area contributed by atoms with Crippen molar-refractivity contribution < 1.29 is 18.3 Å². The van der Waals surface area contributed by atoms with Crippen molar-refractivity contribution in [2.45, 2.75) is 31.2 Å². The summed E-state index contributed by atoms with van der Waals surface area (Å²) < 4.78 is 41.6. The van der Waals surface area contributed by atoms with Crippen molar-refractivity contribution >= 4 is 0 Å². The number of aliphatic hydroxyl groups is 1. The fourth-order valence-electron chi connectivity index (χ4n) is 3.40. The lowest BCUT2D eigenvalue weighted by Crippen LogP contribution is -2.28. The van der Waals surface area contributed by atoms with Crippen LogP contribution in [0.5, 0.6) is 0 Å². The van der Waals surface area contributed by atoms with Crippen molar-refractivity contribution in [1.82, 2.24) is 14.7 Å². The highest BCUT2D eigenvalue weighted by Gasteiger charge is 2.39. The molecule has 0 saturated carbocycles. The number of aromatic nitrogens is 2. The maximum Gasteiger partial charge on any atom is 0.416 e. The molecule has 0 radical (unpaired) electrons. The van der Waals surface area contributed by atoms with Gasteiger partial charge in [0.25, 0.3) is 0 Å². The van der Waals surface area contributed by atoms with E-state index in [4.69, 9.17) is 0 Å². The van der Waals surface area contributed by atoms with Crippen molar-refractivity contribution in [2.24, 2.45) is 7.05 Å². The largest absolute Gasteiger partial charge is 0.416 e.